The molecule has 1 atom stereocenters. The van der Waals surface area contributed by atoms with Crippen LogP contribution in [0.4, 0.5) is 0 Å². The summed E-state index contributed by atoms with van der Waals surface area (Å²) in [6.07, 6.45) is 3.38. The van der Waals surface area contributed by atoms with Crippen LogP contribution in [0.25, 0.3) is 0 Å². The first kappa shape index (κ1) is 14.4. The summed E-state index contributed by atoms with van der Waals surface area (Å²) >= 11 is 2.98. The number of alkyl halides is 1. The second-order valence-corrected chi connectivity index (χ2v) is 7.33. The lowest BCUT2D eigenvalue weighted by atomic mass is 9.86. The van der Waals surface area contributed by atoms with Crippen molar-refractivity contribution in [2.24, 2.45) is 0 Å². The van der Waals surface area contributed by atoms with Crippen molar-refractivity contribution in [3.05, 3.63) is 0 Å². The fourth-order valence-electron chi connectivity index (χ4n) is 2.16. The number of halogens is 1. The van der Waals surface area contributed by atoms with E-state index in [9.17, 15) is 8.42 Å². The molecule has 96 valence electrons. The standard InChI is InChI=1S/C10H20BrNO3S/c1-3-10(4-2)7-9(5-6-15-10)12-16(13,14)8-11/h9,12H,3-8H2,1-2H3. The Bertz CT molecular complexity index is 314. The predicted octanol–water partition coefficient (Wildman–Crippen LogP) is 2.00. The van der Waals surface area contributed by atoms with E-state index in [-0.39, 0.29) is 16.3 Å². The Labute approximate surface area is 106 Å². The van der Waals surface area contributed by atoms with Crippen LogP contribution in [0.1, 0.15) is 39.5 Å². The number of rotatable bonds is 5. The summed E-state index contributed by atoms with van der Waals surface area (Å²) in [5.74, 6) is 0. The predicted molar refractivity (Wildman–Crippen MR) is 68.1 cm³/mol. The number of hydrogen-bond acceptors (Lipinski definition) is 3. The zero-order valence-corrected chi connectivity index (χ0v) is 12.2. The van der Waals surface area contributed by atoms with E-state index >= 15 is 0 Å². The molecule has 0 spiro atoms. The number of nitrogens with one attached hydrogen (secondary N) is 1. The highest BCUT2D eigenvalue weighted by atomic mass is 79.9. The van der Waals surface area contributed by atoms with E-state index in [2.05, 4.69) is 34.5 Å². The molecule has 1 N–H and O–H groups in total. The molecule has 1 aliphatic heterocycles. The fraction of sp³-hybridized carbons (Fsp3) is 1.00. The van der Waals surface area contributed by atoms with E-state index in [0.29, 0.717) is 6.61 Å². The van der Waals surface area contributed by atoms with Crippen LogP contribution in [0, 0.1) is 0 Å². The van der Waals surface area contributed by atoms with Crippen molar-refractivity contribution < 1.29 is 13.2 Å². The van der Waals surface area contributed by atoms with Gasteiger partial charge in [-0.15, -0.1) is 0 Å². The van der Waals surface area contributed by atoms with Gasteiger partial charge < -0.3 is 4.74 Å². The van der Waals surface area contributed by atoms with Crippen LogP contribution >= 0.6 is 15.9 Å². The van der Waals surface area contributed by atoms with Crippen LogP contribution in [0.2, 0.25) is 0 Å². The molecule has 1 saturated heterocycles. The highest BCUT2D eigenvalue weighted by Gasteiger charge is 2.35. The van der Waals surface area contributed by atoms with E-state index in [1.807, 2.05) is 0 Å². The Morgan fingerprint density at radius 1 is 1.44 bits per heavy atom. The topological polar surface area (TPSA) is 55.4 Å². The minimum absolute atomic E-state index is 0.0104. The zero-order valence-electron chi connectivity index (χ0n) is 9.83. The van der Waals surface area contributed by atoms with E-state index in [0.717, 1.165) is 25.7 Å². The zero-order chi connectivity index (χ0) is 12.2. The van der Waals surface area contributed by atoms with E-state index < -0.39 is 10.0 Å². The van der Waals surface area contributed by atoms with Crippen molar-refractivity contribution in [2.45, 2.75) is 51.2 Å². The highest BCUT2D eigenvalue weighted by molar-refractivity contribution is 9.10. The molecular weight excluding hydrogens is 294 g/mol. The van der Waals surface area contributed by atoms with E-state index in [1.54, 1.807) is 0 Å². The molecule has 0 bridgehead atoms. The van der Waals surface area contributed by atoms with Crippen LogP contribution in [0.15, 0.2) is 0 Å². The van der Waals surface area contributed by atoms with Gasteiger partial charge in [0.1, 0.15) is 4.66 Å². The molecule has 0 aromatic heterocycles. The monoisotopic (exact) mass is 313 g/mol. The summed E-state index contributed by atoms with van der Waals surface area (Å²) in [6.45, 7) is 4.81. The molecule has 1 heterocycles. The first-order valence-corrected chi connectivity index (χ1v) is 8.44. The largest absolute Gasteiger partial charge is 0.375 e. The summed E-state index contributed by atoms with van der Waals surface area (Å²) < 4.78 is 31.4. The Balaban J connectivity index is 2.64. The number of sulfonamides is 1. The molecule has 0 saturated carbocycles. The Kier molecular flexibility index (Phi) is 5.22. The lowest BCUT2D eigenvalue weighted by Crippen LogP contribution is -2.48. The maximum atomic E-state index is 11.5. The van der Waals surface area contributed by atoms with Crippen LogP contribution in [-0.4, -0.2) is 31.3 Å². The van der Waals surface area contributed by atoms with Crippen molar-refractivity contribution in [1.29, 1.82) is 0 Å². The first-order chi connectivity index (χ1) is 7.47. The lowest BCUT2D eigenvalue weighted by molar-refractivity contribution is -0.0905. The van der Waals surface area contributed by atoms with E-state index in [4.69, 9.17) is 4.74 Å². The quantitative estimate of drug-likeness (QED) is 0.790. The van der Waals surface area contributed by atoms with Gasteiger partial charge in [0.25, 0.3) is 0 Å². The van der Waals surface area contributed by atoms with Gasteiger partial charge in [-0.25, -0.2) is 13.1 Å². The van der Waals surface area contributed by atoms with Crippen LogP contribution in [-0.2, 0) is 14.8 Å². The van der Waals surface area contributed by atoms with Gasteiger partial charge in [0.15, 0.2) is 0 Å². The van der Waals surface area contributed by atoms with Crippen LogP contribution in [0.3, 0.4) is 0 Å². The third kappa shape index (κ3) is 3.68. The molecule has 4 nitrogen and oxygen atoms in total. The van der Waals surface area contributed by atoms with Crippen molar-refractivity contribution in [3.63, 3.8) is 0 Å². The number of hydrogen-bond donors (Lipinski definition) is 1. The summed E-state index contributed by atoms with van der Waals surface area (Å²) in [5.41, 5.74) is -0.141. The van der Waals surface area contributed by atoms with Gasteiger partial charge in [0, 0.05) is 12.6 Å². The molecule has 6 heteroatoms. The second-order valence-electron chi connectivity index (χ2n) is 4.27. The maximum absolute atomic E-state index is 11.5. The van der Waals surface area contributed by atoms with Crippen LogP contribution in [0.5, 0.6) is 0 Å². The second kappa shape index (κ2) is 5.80. The molecule has 1 rings (SSSR count). The SMILES string of the molecule is CCC1(CC)CC(NS(=O)(=O)CBr)CCO1. The molecule has 1 fully saturated rings. The molecule has 0 radical (unpaired) electrons. The maximum Gasteiger partial charge on any atom is 0.221 e. The van der Waals surface area contributed by atoms with Gasteiger partial charge >= 0.3 is 0 Å². The van der Waals surface area contributed by atoms with Gasteiger partial charge in [-0.1, -0.05) is 29.8 Å². The number of ether oxygens (including phenoxy) is 1. The lowest BCUT2D eigenvalue weighted by Gasteiger charge is -2.40. The summed E-state index contributed by atoms with van der Waals surface area (Å²) in [7, 11) is -3.17. The van der Waals surface area contributed by atoms with E-state index in [1.165, 1.54) is 0 Å². The molecule has 1 unspecified atom stereocenters. The Hall–Kier alpha value is 0.350. The van der Waals surface area contributed by atoms with Gasteiger partial charge in [-0.05, 0) is 25.7 Å². The first-order valence-electron chi connectivity index (χ1n) is 5.67. The van der Waals surface area contributed by atoms with Gasteiger partial charge in [-0.2, -0.15) is 0 Å². The average molecular weight is 314 g/mol. The van der Waals surface area contributed by atoms with Crippen molar-refractivity contribution in [2.75, 3.05) is 11.3 Å². The minimum Gasteiger partial charge on any atom is -0.375 e. The molecule has 0 aromatic rings. The Morgan fingerprint density at radius 2 is 2.06 bits per heavy atom. The van der Waals surface area contributed by atoms with Crippen molar-refractivity contribution in [3.8, 4) is 0 Å². The third-order valence-corrected chi connectivity index (χ3v) is 6.06. The smallest absolute Gasteiger partial charge is 0.221 e. The van der Waals surface area contributed by atoms with Crippen molar-refractivity contribution >= 4 is 26.0 Å². The van der Waals surface area contributed by atoms with Crippen molar-refractivity contribution in [1.82, 2.24) is 4.72 Å². The summed E-state index contributed by atoms with van der Waals surface area (Å²) in [6, 6.07) is 0.0104. The fourth-order valence-corrected chi connectivity index (χ4v) is 3.33. The molecule has 0 amide bonds. The highest BCUT2D eigenvalue weighted by Crippen LogP contribution is 2.31. The normalized spacial score (nSPS) is 25.6. The molecule has 0 aromatic carbocycles. The summed E-state index contributed by atoms with van der Waals surface area (Å²) in [4.78, 5) is 0. The van der Waals surface area contributed by atoms with Gasteiger partial charge in [0.05, 0.1) is 5.60 Å². The summed E-state index contributed by atoms with van der Waals surface area (Å²) in [5, 5.41) is 0. The Morgan fingerprint density at radius 3 is 2.56 bits per heavy atom. The minimum atomic E-state index is -3.17. The third-order valence-electron chi connectivity index (χ3n) is 3.27. The molecule has 16 heavy (non-hydrogen) atoms. The molecule has 1 aliphatic rings. The average Bonchev–Trinajstić information content (AvgIpc) is 2.28. The van der Waals surface area contributed by atoms with Crippen LogP contribution < -0.4 is 4.72 Å². The molecule has 0 aliphatic carbocycles. The molecular formula is C10H20BrNO3S. The van der Waals surface area contributed by atoms with Gasteiger partial charge in [0.2, 0.25) is 10.0 Å². The van der Waals surface area contributed by atoms with Gasteiger partial charge in [-0.3, -0.25) is 0 Å².